The van der Waals surface area contributed by atoms with Crippen molar-refractivity contribution in [3.63, 3.8) is 0 Å². The second kappa shape index (κ2) is 7.28. The molecule has 1 amide bonds. The van der Waals surface area contributed by atoms with Crippen LogP contribution in [0.15, 0.2) is 46.1 Å². The summed E-state index contributed by atoms with van der Waals surface area (Å²) in [5.41, 5.74) is 3.37. The number of hydrogen-bond donors (Lipinski definition) is 2. The second-order valence-corrected chi connectivity index (χ2v) is 6.12. The van der Waals surface area contributed by atoms with Crippen LogP contribution in [-0.4, -0.2) is 32.0 Å². The van der Waals surface area contributed by atoms with E-state index in [1.165, 1.54) is 5.56 Å². The minimum absolute atomic E-state index is 0.161. The standard InChI is InChI=1S/C17H20N4OS/c1-18-17(20-11-13-6-9-23-12-13)19-7-8-21-15-5-3-2-4-14(15)10-16(21)22/h2-6,9,12H,7-8,10-11H2,1H3,(H2,18,19,20). The van der Waals surface area contributed by atoms with Gasteiger partial charge >= 0.3 is 0 Å². The number of thiophene rings is 1. The number of fused-ring (bicyclic) bond motifs is 1. The van der Waals surface area contributed by atoms with Crippen LogP contribution in [0.1, 0.15) is 11.1 Å². The van der Waals surface area contributed by atoms with Crippen LogP contribution >= 0.6 is 11.3 Å². The van der Waals surface area contributed by atoms with Crippen LogP contribution in [0, 0.1) is 0 Å². The lowest BCUT2D eigenvalue weighted by Crippen LogP contribution is -2.42. The lowest BCUT2D eigenvalue weighted by Gasteiger charge is -2.19. The zero-order chi connectivity index (χ0) is 16.1. The first-order chi connectivity index (χ1) is 11.3. The maximum absolute atomic E-state index is 12.1. The number of anilines is 1. The normalized spacial score (nSPS) is 14.0. The summed E-state index contributed by atoms with van der Waals surface area (Å²) in [7, 11) is 1.75. The highest BCUT2D eigenvalue weighted by Crippen LogP contribution is 2.27. The summed E-state index contributed by atoms with van der Waals surface area (Å²) in [5.74, 6) is 0.908. The van der Waals surface area contributed by atoms with Gasteiger partial charge in [0.1, 0.15) is 0 Å². The monoisotopic (exact) mass is 328 g/mol. The third-order valence-corrected chi connectivity index (χ3v) is 4.55. The second-order valence-electron chi connectivity index (χ2n) is 5.34. The molecule has 0 spiro atoms. The van der Waals surface area contributed by atoms with Gasteiger partial charge in [-0.3, -0.25) is 9.79 Å². The summed E-state index contributed by atoms with van der Waals surface area (Å²) in [5, 5.41) is 10.7. The van der Waals surface area contributed by atoms with Gasteiger partial charge in [0.05, 0.1) is 6.42 Å². The first-order valence-corrected chi connectivity index (χ1v) is 8.56. The Kier molecular flexibility index (Phi) is 4.92. The first kappa shape index (κ1) is 15.6. The third-order valence-electron chi connectivity index (χ3n) is 3.82. The van der Waals surface area contributed by atoms with E-state index in [0.717, 1.165) is 23.8 Å². The number of hydrogen-bond acceptors (Lipinski definition) is 3. The summed E-state index contributed by atoms with van der Waals surface area (Å²) in [6, 6.07) is 10.1. The largest absolute Gasteiger partial charge is 0.355 e. The number of amides is 1. The molecule has 1 aliphatic heterocycles. The molecule has 0 radical (unpaired) electrons. The van der Waals surface area contributed by atoms with Crippen LogP contribution in [-0.2, 0) is 17.8 Å². The van der Waals surface area contributed by atoms with Gasteiger partial charge in [-0.05, 0) is 34.0 Å². The molecule has 5 nitrogen and oxygen atoms in total. The Balaban J connectivity index is 1.49. The molecule has 2 aromatic rings. The van der Waals surface area contributed by atoms with Crippen molar-refractivity contribution in [1.29, 1.82) is 0 Å². The Morgan fingerprint density at radius 3 is 2.96 bits per heavy atom. The molecule has 1 aromatic heterocycles. The van der Waals surface area contributed by atoms with Gasteiger partial charge in [0.15, 0.2) is 5.96 Å². The molecule has 3 rings (SSSR count). The predicted octanol–water partition coefficient (Wildman–Crippen LogP) is 2.00. The van der Waals surface area contributed by atoms with E-state index >= 15 is 0 Å². The molecule has 2 N–H and O–H groups in total. The fraction of sp³-hybridized carbons (Fsp3) is 0.294. The fourth-order valence-corrected chi connectivity index (χ4v) is 3.32. The summed E-state index contributed by atoms with van der Waals surface area (Å²) >= 11 is 1.68. The number of aliphatic imine (C=N–C) groups is 1. The number of nitrogens with zero attached hydrogens (tertiary/aromatic N) is 2. The lowest BCUT2D eigenvalue weighted by molar-refractivity contribution is -0.117. The Morgan fingerprint density at radius 2 is 2.17 bits per heavy atom. The molecular weight excluding hydrogens is 308 g/mol. The number of guanidine groups is 1. The van der Waals surface area contributed by atoms with Crippen LogP contribution in [0.3, 0.4) is 0 Å². The minimum atomic E-state index is 0.161. The van der Waals surface area contributed by atoms with Gasteiger partial charge < -0.3 is 15.5 Å². The molecule has 6 heteroatoms. The molecule has 23 heavy (non-hydrogen) atoms. The predicted molar refractivity (Wildman–Crippen MR) is 95.0 cm³/mol. The molecule has 0 aliphatic carbocycles. The molecule has 0 saturated carbocycles. The van der Waals surface area contributed by atoms with E-state index in [1.807, 2.05) is 29.2 Å². The maximum atomic E-state index is 12.1. The van der Waals surface area contributed by atoms with E-state index in [1.54, 1.807) is 18.4 Å². The van der Waals surface area contributed by atoms with Gasteiger partial charge in [0, 0.05) is 32.4 Å². The van der Waals surface area contributed by atoms with Crippen LogP contribution < -0.4 is 15.5 Å². The summed E-state index contributed by atoms with van der Waals surface area (Å²) in [4.78, 5) is 18.2. The van der Waals surface area contributed by atoms with Crippen LogP contribution in [0.4, 0.5) is 5.69 Å². The van der Waals surface area contributed by atoms with Crippen molar-refractivity contribution in [3.05, 3.63) is 52.2 Å². The molecule has 0 bridgehead atoms. The molecule has 1 aliphatic rings. The van der Waals surface area contributed by atoms with E-state index in [2.05, 4.69) is 32.5 Å². The quantitative estimate of drug-likeness (QED) is 0.652. The molecule has 2 heterocycles. The molecule has 120 valence electrons. The van der Waals surface area contributed by atoms with Gasteiger partial charge in [0.2, 0.25) is 5.91 Å². The molecule has 0 fully saturated rings. The first-order valence-electron chi connectivity index (χ1n) is 7.62. The average Bonchev–Trinajstić information content (AvgIpc) is 3.18. The number of benzene rings is 1. The number of carbonyl (C=O) groups is 1. The van der Waals surface area contributed by atoms with Gasteiger partial charge in [-0.15, -0.1) is 0 Å². The van der Waals surface area contributed by atoms with Crippen molar-refractivity contribution in [1.82, 2.24) is 10.6 Å². The smallest absolute Gasteiger partial charge is 0.231 e. The van der Waals surface area contributed by atoms with Crippen molar-refractivity contribution in [2.24, 2.45) is 4.99 Å². The van der Waals surface area contributed by atoms with Crippen molar-refractivity contribution in [3.8, 4) is 0 Å². The SMILES string of the molecule is CN=C(NCCN1C(=O)Cc2ccccc21)NCc1ccsc1. The number of nitrogens with one attached hydrogen (secondary N) is 2. The Labute approximate surface area is 140 Å². The molecule has 0 unspecified atom stereocenters. The number of para-hydroxylation sites is 1. The maximum Gasteiger partial charge on any atom is 0.231 e. The zero-order valence-corrected chi connectivity index (χ0v) is 13.9. The highest BCUT2D eigenvalue weighted by atomic mass is 32.1. The summed E-state index contributed by atoms with van der Waals surface area (Å²) in [6.45, 7) is 2.03. The molecule has 0 saturated heterocycles. The highest BCUT2D eigenvalue weighted by molar-refractivity contribution is 7.07. The molecular formula is C17H20N4OS. The minimum Gasteiger partial charge on any atom is -0.355 e. The topological polar surface area (TPSA) is 56.7 Å². The van der Waals surface area contributed by atoms with E-state index in [-0.39, 0.29) is 5.91 Å². The van der Waals surface area contributed by atoms with Gasteiger partial charge in [-0.2, -0.15) is 11.3 Å². The Morgan fingerprint density at radius 1 is 1.30 bits per heavy atom. The van der Waals surface area contributed by atoms with E-state index in [0.29, 0.717) is 19.5 Å². The van der Waals surface area contributed by atoms with Crippen molar-refractivity contribution in [2.75, 3.05) is 25.0 Å². The van der Waals surface area contributed by atoms with Crippen molar-refractivity contribution >= 4 is 28.9 Å². The third kappa shape index (κ3) is 3.71. The van der Waals surface area contributed by atoms with Crippen LogP contribution in [0.2, 0.25) is 0 Å². The average molecular weight is 328 g/mol. The van der Waals surface area contributed by atoms with Gasteiger partial charge in [-0.25, -0.2) is 0 Å². The van der Waals surface area contributed by atoms with E-state index in [9.17, 15) is 4.79 Å². The molecule has 0 atom stereocenters. The molecule has 1 aromatic carbocycles. The Bertz CT molecular complexity index is 696. The number of carbonyl (C=O) groups excluding carboxylic acids is 1. The van der Waals surface area contributed by atoms with Crippen molar-refractivity contribution < 1.29 is 4.79 Å². The van der Waals surface area contributed by atoms with Crippen LogP contribution in [0.25, 0.3) is 0 Å². The summed E-state index contributed by atoms with van der Waals surface area (Å²) in [6.07, 6.45) is 0.501. The van der Waals surface area contributed by atoms with E-state index in [4.69, 9.17) is 0 Å². The Hall–Kier alpha value is -2.34. The number of rotatable bonds is 5. The van der Waals surface area contributed by atoms with E-state index < -0.39 is 0 Å². The fourth-order valence-electron chi connectivity index (χ4n) is 2.65. The lowest BCUT2D eigenvalue weighted by atomic mass is 10.2. The van der Waals surface area contributed by atoms with Crippen LogP contribution in [0.5, 0.6) is 0 Å². The summed E-state index contributed by atoms with van der Waals surface area (Å²) < 4.78 is 0. The van der Waals surface area contributed by atoms with Crippen molar-refractivity contribution in [2.45, 2.75) is 13.0 Å². The van der Waals surface area contributed by atoms with Gasteiger partial charge in [-0.1, -0.05) is 18.2 Å². The highest BCUT2D eigenvalue weighted by Gasteiger charge is 2.25. The van der Waals surface area contributed by atoms with Gasteiger partial charge in [0.25, 0.3) is 0 Å². The zero-order valence-electron chi connectivity index (χ0n) is 13.1.